The van der Waals surface area contributed by atoms with Crippen LogP contribution in [-0.4, -0.2) is 11.0 Å². The van der Waals surface area contributed by atoms with Gasteiger partial charge in [0, 0.05) is 6.07 Å². The molecule has 0 amide bonds. The molecule has 6 heteroatoms. The Morgan fingerprint density at radius 1 is 1.15 bits per heavy atom. The first kappa shape index (κ1) is 19.7. The summed E-state index contributed by atoms with van der Waals surface area (Å²) in [6.07, 6.45) is 1.20. The van der Waals surface area contributed by atoms with Crippen LogP contribution >= 0.6 is 23.2 Å². The van der Waals surface area contributed by atoms with Gasteiger partial charge in [0.25, 0.3) is 0 Å². The highest BCUT2D eigenvalue weighted by molar-refractivity contribution is 6.55. The highest BCUT2D eigenvalue weighted by Crippen LogP contribution is 2.60. The van der Waals surface area contributed by atoms with Crippen LogP contribution in [0.2, 0.25) is 0 Å². The molecule has 4 nitrogen and oxygen atoms in total. The van der Waals surface area contributed by atoms with Gasteiger partial charge in [-0.05, 0) is 42.5 Å². The zero-order chi connectivity index (χ0) is 19.6. The monoisotopic (exact) mass is 405 g/mol. The number of rotatable bonds is 6. The number of ether oxygens (including phenoxy) is 2. The van der Waals surface area contributed by atoms with Crippen LogP contribution in [0.1, 0.15) is 32.6 Å². The van der Waals surface area contributed by atoms with E-state index in [1.54, 1.807) is 25.1 Å². The van der Waals surface area contributed by atoms with E-state index in [1.165, 1.54) is 0 Å². The lowest BCUT2D eigenvalue weighted by Gasteiger charge is -2.14. The van der Waals surface area contributed by atoms with Crippen molar-refractivity contribution in [2.75, 3.05) is 0 Å². The number of pyridine rings is 1. The summed E-state index contributed by atoms with van der Waals surface area (Å²) in [5, 5.41) is 0. The predicted molar refractivity (Wildman–Crippen MR) is 106 cm³/mol. The number of allylic oxidation sites excluding steroid dienone is 1. The Bertz CT molecular complexity index is 848. The van der Waals surface area contributed by atoms with E-state index < -0.39 is 6.10 Å². The number of aromatic nitrogens is 1. The molecule has 142 valence electrons. The number of esters is 1. The highest BCUT2D eigenvalue weighted by Gasteiger charge is 2.61. The van der Waals surface area contributed by atoms with Crippen LogP contribution in [0.15, 0.2) is 59.1 Å². The Hall–Kier alpha value is -2.04. The number of carbonyl (C=O) groups is 1. The molecule has 27 heavy (non-hydrogen) atoms. The van der Waals surface area contributed by atoms with Crippen molar-refractivity contribution >= 4 is 29.2 Å². The van der Waals surface area contributed by atoms with Gasteiger partial charge in [-0.25, -0.2) is 4.98 Å². The summed E-state index contributed by atoms with van der Waals surface area (Å²) in [5.41, 5.74) is 0.398. The molecular formula is C21H21Cl2NO3. The van der Waals surface area contributed by atoms with Crippen LogP contribution in [0.4, 0.5) is 0 Å². The van der Waals surface area contributed by atoms with Crippen LogP contribution in [-0.2, 0) is 9.53 Å². The second kappa shape index (κ2) is 7.91. The van der Waals surface area contributed by atoms with Crippen molar-refractivity contribution < 1.29 is 14.3 Å². The van der Waals surface area contributed by atoms with Gasteiger partial charge in [0.15, 0.2) is 0 Å². The Labute approximate surface area is 169 Å². The molecule has 1 aliphatic carbocycles. The van der Waals surface area contributed by atoms with Gasteiger partial charge in [0.05, 0.1) is 11.6 Å². The molecule has 0 bridgehead atoms. The largest absolute Gasteiger partial charge is 0.456 e. The number of halogens is 2. The van der Waals surface area contributed by atoms with Crippen molar-refractivity contribution in [2.24, 2.45) is 17.3 Å². The standard InChI is InChI=1S/C21H21Cl2NO3/c1-13(26-20(25)19-15(12-17(22)23)21(19,2)3)16-10-7-11-18(24-16)27-14-8-5-4-6-9-14/h4-13,15,19H,1-3H3/t13?,15-,19-/m0/s1. The summed E-state index contributed by atoms with van der Waals surface area (Å²) >= 11 is 11.5. The van der Waals surface area contributed by atoms with Crippen LogP contribution in [0.25, 0.3) is 0 Å². The van der Waals surface area contributed by atoms with Gasteiger partial charge in [0.2, 0.25) is 5.88 Å². The predicted octanol–water partition coefficient (Wildman–Crippen LogP) is 6.07. The third-order valence-corrected chi connectivity index (χ3v) is 5.14. The molecule has 0 radical (unpaired) electrons. The van der Waals surface area contributed by atoms with Gasteiger partial charge in [-0.3, -0.25) is 4.79 Å². The number of hydrogen-bond donors (Lipinski definition) is 0. The fourth-order valence-electron chi connectivity index (χ4n) is 3.21. The van der Waals surface area contributed by atoms with Crippen molar-refractivity contribution in [1.29, 1.82) is 0 Å². The fraction of sp³-hybridized carbons (Fsp3) is 0.333. The maximum Gasteiger partial charge on any atom is 0.310 e. The van der Waals surface area contributed by atoms with Gasteiger partial charge in [-0.15, -0.1) is 0 Å². The number of nitrogens with zero attached hydrogens (tertiary/aromatic N) is 1. The van der Waals surface area contributed by atoms with Gasteiger partial charge in [-0.2, -0.15) is 0 Å². The minimum Gasteiger partial charge on any atom is -0.456 e. The van der Waals surface area contributed by atoms with Crippen molar-refractivity contribution in [3.63, 3.8) is 0 Å². The van der Waals surface area contributed by atoms with E-state index in [-0.39, 0.29) is 27.7 Å². The lowest BCUT2D eigenvalue weighted by molar-refractivity contribution is -0.151. The third kappa shape index (κ3) is 4.63. The molecule has 1 aromatic carbocycles. The van der Waals surface area contributed by atoms with Crippen molar-refractivity contribution in [2.45, 2.75) is 26.9 Å². The second-order valence-electron chi connectivity index (χ2n) is 7.18. The van der Waals surface area contributed by atoms with Crippen LogP contribution in [0, 0.1) is 17.3 Å². The first-order chi connectivity index (χ1) is 12.8. The number of benzene rings is 1. The summed E-state index contributed by atoms with van der Waals surface area (Å²) < 4.78 is 11.5. The summed E-state index contributed by atoms with van der Waals surface area (Å²) in [4.78, 5) is 17.0. The minimum absolute atomic E-state index is 0.0251. The van der Waals surface area contributed by atoms with Crippen molar-refractivity contribution in [3.8, 4) is 11.6 Å². The molecular weight excluding hydrogens is 385 g/mol. The molecule has 1 aromatic heterocycles. The third-order valence-electron chi connectivity index (χ3n) is 4.89. The molecule has 1 heterocycles. The summed E-state index contributed by atoms with van der Waals surface area (Å²) in [6, 6.07) is 14.8. The Kier molecular flexibility index (Phi) is 5.78. The van der Waals surface area contributed by atoms with Crippen molar-refractivity contribution in [1.82, 2.24) is 4.98 Å². The lowest BCUT2D eigenvalue weighted by atomic mass is 10.1. The molecule has 1 aliphatic rings. The molecule has 0 spiro atoms. The first-order valence-corrected chi connectivity index (χ1v) is 9.48. The highest BCUT2D eigenvalue weighted by atomic mass is 35.5. The SMILES string of the molecule is CC(OC(=O)[C@@H]1[C@H](C=C(Cl)Cl)C1(C)C)c1cccc(Oc2ccccc2)n1. The molecule has 0 N–H and O–H groups in total. The van der Waals surface area contributed by atoms with E-state index in [2.05, 4.69) is 4.98 Å². The van der Waals surface area contributed by atoms with Gasteiger partial charge < -0.3 is 9.47 Å². The maximum atomic E-state index is 12.6. The maximum absolute atomic E-state index is 12.6. The minimum atomic E-state index is -0.496. The van der Waals surface area contributed by atoms with Crippen molar-refractivity contribution in [3.05, 3.63) is 64.8 Å². The van der Waals surface area contributed by atoms with Gasteiger partial charge in [0.1, 0.15) is 16.3 Å². The van der Waals surface area contributed by atoms with Gasteiger partial charge in [-0.1, -0.05) is 61.3 Å². The van der Waals surface area contributed by atoms with Crippen LogP contribution < -0.4 is 4.74 Å². The summed E-state index contributed by atoms with van der Waals surface area (Å²) in [6.45, 7) is 5.78. The van der Waals surface area contributed by atoms with Crippen LogP contribution in [0.3, 0.4) is 0 Å². The zero-order valence-electron chi connectivity index (χ0n) is 15.4. The first-order valence-electron chi connectivity index (χ1n) is 8.72. The molecule has 3 rings (SSSR count). The van der Waals surface area contributed by atoms with E-state index in [0.717, 1.165) is 0 Å². The average Bonchev–Trinajstić information content (AvgIpc) is 3.15. The normalized spacial score (nSPS) is 21.1. The molecule has 1 saturated carbocycles. The average molecular weight is 406 g/mol. The molecule has 0 aliphatic heterocycles. The van der Waals surface area contributed by atoms with E-state index >= 15 is 0 Å². The smallest absolute Gasteiger partial charge is 0.310 e. The molecule has 0 saturated heterocycles. The Balaban J connectivity index is 1.66. The molecule has 3 atom stereocenters. The quantitative estimate of drug-likeness (QED) is 0.547. The Morgan fingerprint density at radius 2 is 1.85 bits per heavy atom. The van der Waals surface area contributed by atoms with E-state index in [4.69, 9.17) is 32.7 Å². The van der Waals surface area contributed by atoms with E-state index in [0.29, 0.717) is 17.3 Å². The molecule has 2 aromatic rings. The lowest BCUT2D eigenvalue weighted by Crippen LogP contribution is -2.14. The van der Waals surface area contributed by atoms with Crippen LogP contribution in [0.5, 0.6) is 11.6 Å². The summed E-state index contributed by atoms with van der Waals surface area (Å²) in [7, 11) is 0. The molecule has 1 fully saturated rings. The van der Waals surface area contributed by atoms with Gasteiger partial charge >= 0.3 is 5.97 Å². The van der Waals surface area contributed by atoms with E-state index in [9.17, 15) is 4.79 Å². The number of para-hydroxylation sites is 1. The topological polar surface area (TPSA) is 48.4 Å². The molecule has 1 unspecified atom stereocenters. The Morgan fingerprint density at radius 3 is 2.52 bits per heavy atom. The fourth-order valence-corrected chi connectivity index (χ4v) is 3.48. The number of hydrogen-bond acceptors (Lipinski definition) is 4. The van der Waals surface area contributed by atoms with E-state index in [1.807, 2.05) is 50.2 Å². The number of carbonyl (C=O) groups excluding carboxylic acids is 1. The summed E-state index contributed by atoms with van der Waals surface area (Å²) in [5.74, 6) is 0.570. The zero-order valence-corrected chi connectivity index (χ0v) is 16.9. The second-order valence-corrected chi connectivity index (χ2v) is 8.18.